The van der Waals surface area contributed by atoms with Crippen molar-refractivity contribution in [2.45, 2.75) is 45.6 Å². The zero-order valence-electron chi connectivity index (χ0n) is 15.8. The minimum absolute atomic E-state index is 0.0830. The van der Waals surface area contributed by atoms with E-state index in [0.29, 0.717) is 23.3 Å². The maximum Gasteiger partial charge on any atom is 0.306 e. The van der Waals surface area contributed by atoms with E-state index in [2.05, 4.69) is 14.7 Å². The quantitative estimate of drug-likeness (QED) is 0.422. The predicted molar refractivity (Wildman–Crippen MR) is 103 cm³/mol. The van der Waals surface area contributed by atoms with Gasteiger partial charge in [0, 0.05) is 40.4 Å². The monoisotopic (exact) mass is 399 g/mol. The van der Waals surface area contributed by atoms with Crippen molar-refractivity contribution >= 4 is 23.1 Å². The van der Waals surface area contributed by atoms with Gasteiger partial charge in [-0.25, -0.2) is 0 Å². The molecule has 0 N–H and O–H groups in total. The lowest BCUT2D eigenvalue weighted by Gasteiger charge is -2.07. The lowest BCUT2D eigenvalue weighted by molar-refractivity contribution is -0.142. The van der Waals surface area contributed by atoms with Crippen molar-refractivity contribution in [3.05, 3.63) is 45.7 Å². The molecular weight excluding hydrogens is 378 g/mol. The molecule has 4 rings (SSSR count). The number of Topliss-reactive ketones (excluding diaryl/α,β-unsaturated/α-hetero) is 1. The van der Waals surface area contributed by atoms with Crippen molar-refractivity contribution in [2.24, 2.45) is 0 Å². The molecule has 8 heteroatoms. The van der Waals surface area contributed by atoms with Gasteiger partial charge in [-0.2, -0.15) is 16.3 Å². The predicted octanol–water partition coefficient (Wildman–Crippen LogP) is 3.91. The van der Waals surface area contributed by atoms with Crippen LogP contribution < -0.4 is 0 Å². The number of thiophene rings is 1. The average Bonchev–Trinajstić information content (AvgIpc) is 3.10. The number of hydrogen-bond donors (Lipinski definition) is 0. The van der Waals surface area contributed by atoms with Crippen LogP contribution in [0.4, 0.5) is 0 Å². The van der Waals surface area contributed by atoms with E-state index in [0.717, 1.165) is 29.8 Å². The first-order chi connectivity index (χ1) is 13.5. The molecule has 1 aliphatic rings. The van der Waals surface area contributed by atoms with Crippen LogP contribution in [-0.4, -0.2) is 33.1 Å². The summed E-state index contributed by atoms with van der Waals surface area (Å²) in [5.74, 6) is 0.244. The summed E-state index contributed by atoms with van der Waals surface area (Å²) in [5, 5.41) is 7.76. The van der Waals surface area contributed by atoms with Crippen molar-refractivity contribution in [3.63, 3.8) is 0 Å². The largest absolute Gasteiger partial charge is 0.457 e. The van der Waals surface area contributed by atoms with Gasteiger partial charge < -0.3 is 13.8 Å². The third-order valence-electron chi connectivity index (χ3n) is 4.85. The van der Waals surface area contributed by atoms with Gasteiger partial charge in [0.25, 0.3) is 0 Å². The van der Waals surface area contributed by atoms with Crippen LogP contribution in [-0.2, 0) is 16.0 Å². The molecule has 1 fully saturated rings. The number of aromatic nitrogens is 3. The van der Waals surface area contributed by atoms with Gasteiger partial charge in [-0.05, 0) is 44.2 Å². The van der Waals surface area contributed by atoms with E-state index in [1.54, 1.807) is 11.3 Å². The van der Waals surface area contributed by atoms with Crippen molar-refractivity contribution < 1.29 is 18.8 Å². The van der Waals surface area contributed by atoms with Gasteiger partial charge in [0.2, 0.25) is 17.5 Å². The maximum atomic E-state index is 12.5. The van der Waals surface area contributed by atoms with Crippen LogP contribution in [0.2, 0.25) is 0 Å². The van der Waals surface area contributed by atoms with E-state index in [1.807, 2.05) is 36.7 Å². The normalized spacial score (nSPS) is 13.6. The second-order valence-corrected chi connectivity index (χ2v) is 7.77. The highest BCUT2D eigenvalue weighted by Crippen LogP contribution is 2.38. The Morgan fingerprint density at radius 3 is 2.89 bits per heavy atom. The van der Waals surface area contributed by atoms with Gasteiger partial charge in [-0.15, -0.1) is 0 Å². The third-order valence-corrected chi connectivity index (χ3v) is 5.53. The first-order valence-corrected chi connectivity index (χ1v) is 10.2. The van der Waals surface area contributed by atoms with E-state index in [4.69, 9.17) is 9.26 Å². The summed E-state index contributed by atoms with van der Waals surface area (Å²) in [4.78, 5) is 28.7. The number of nitrogens with zero attached hydrogens (tertiary/aromatic N) is 3. The molecule has 0 unspecified atom stereocenters. The molecule has 0 saturated heterocycles. The molecule has 0 aromatic carbocycles. The van der Waals surface area contributed by atoms with E-state index >= 15 is 0 Å². The van der Waals surface area contributed by atoms with E-state index in [9.17, 15) is 9.59 Å². The van der Waals surface area contributed by atoms with Crippen LogP contribution in [0.5, 0.6) is 0 Å². The molecule has 0 atom stereocenters. The molecule has 1 saturated carbocycles. The Labute approximate surface area is 166 Å². The molecule has 0 spiro atoms. The number of aryl methyl sites for hydroxylation is 2. The lowest BCUT2D eigenvalue weighted by Crippen LogP contribution is -2.15. The Morgan fingerprint density at radius 1 is 1.36 bits per heavy atom. The second kappa shape index (κ2) is 7.71. The molecule has 146 valence electrons. The number of carbonyl (C=O) groups is 2. The number of ether oxygens (including phenoxy) is 1. The summed E-state index contributed by atoms with van der Waals surface area (Å²) in [6.45, 7) is 3.70. The van der Waals surface area contributed by atoms with Crippen LogP contribution in [0.1, 0.15) is 52.9 Å². The minimum atomic E-state index is -0.459. The van der Waals surface area contributed by atoms with Gasteiger partial charge in [0.15, 0.2) is 6.61 Å². The molecule has 7 nitrogen and oxygen atoms in total. The Kier molecular flexibility index (Phi) is 5.13. The Hall–Kier alpha value is -2.74. The van der Waals surface area contributed by atoms with Crippen molar-refractivity contribution in [1.29, 1.82) is 0 Å². The summed E-state index contributed by atoms with van der Waals surface area (Å²) in [5.41, 5.74) is 3.55. The summed E-state index contributed by atoms with van der Waals surface area (Å²) in [6.07, 6.45) is 2.67. The fourth-order valence-electron chi connectivity index (χ4n) is 3.32. The van der Waals surface area contributed by atoms with Gasteiger partial charge >= 0.3 is 5.97 Å². The average molecular weight is 399 g/mol. The molecule has 0 bridgehead atoms. The number of ketones is 1. The summed E-state index contributed by atoms with van der Waals surface area (Å²) in [6, 6.07) is 4.30. The smallest absolute Gasteiger partial charge is 0.306 e. The lowest BCUT2D eigenvalue weighted by atomic mass is 10.1. The van der Waals surface area contributed by atoms with Crippen LogP contribution in [0.25, 0.3) is 11.4 Å². The van der Waals surface area contributed by atoms with Crippen molar-refractivity contribution in [3.8, 4) is 11.4 Å². The Bertz CT molecular complexity index is 999. The van der Waals surface area contributed by atoms with Crippen LogP contribution >= 0.6 is 11.3 Å². The summed E-state index contributed by atoms with van der Waals surface area (Å²) >= 11 is 1.55. The molecule has 3 aromatic rings. The van der Waals surface area contributed by atoms with E-state index in [-0.39, 0.29) is 25.2 Å². The highest BCUT2D eigenvalue weighted by atomic mass is 32.1. The van der Waals surface area contributed by atoms with Gasteiger partial charge in [0.05, 0.1) is 6.42 Å². The summed E-state index contributed by atoms with van der Waals surface area (Å²) in [7, 11) is 0. The van der Waals surface area contributed by atoms with Crippen molar-refractivity contribution in [1.82, 2.24) is 14.7 Å². The minimum Gasteiger partial charge on any atom is -0.457 e. The number of carbonyl (C=O) groups excluding carboxylic acids is 2. The first kappa shape index (κ1) is 18.6. The molecule has 3 aromatic heterocycles. The fourth-order valence-corrected chi connectivity index (χ4v) is 3.96. The zero-order valence-corrected chi connectivity index (χ0v) is 16.6. The molecule has 1 aliphatic carbocycles. The highest BCUT2D eigenvalue weighted by Gasteiger charge is 2.28. The van der Waals surface area contributed by atoms with E-state index in [1.165, 1.54) is 0 Å². The highest BCUT2D eigenvalue weighted by molar-refractivity contribution is 7.08. The van der Waals surface area contributed by atoms with Crippen molar-refractivity contribution in [2.75, 3.05) is 6.61 Å². The fraction of sp³-hybridized carbons (Fsp3) is 0.400. The molecule has 0 amide bonds. The topological polar surface area (TPSA) is 87.2 Å². The van der Waals surface area contributed by atoms with Crippen LogP contribution in [0.3, 0.4) is 0 Å². The number of esters is 1. The van der Waals surface area contributed by atoms with Gasteiger partial charge in [-0.3, -0.25) is 9.59 Å². The Balaban J connectivity index is 1.28. The van der Waals surface area contributed by atoms with Gasteiger partial charge in [-0.1, -0.05) is 5.16 Å². The zero-order chi connectivity index (χ0) is 19.7. The molecule has 0 radical (unpaired) electrons. The Morgan fingerprint density at radius 2 is 2.18 bits per heavy atom. The first-order valence-electron chi connectivity index (χ1n) is 9.25. The number of rotatable bonds is 8. The molecule has 3 heterocycles. The van der Waals surface area contributed by atoms with Crippen LogP contribution in [0.15, 0.2) is 27.4 Å². The van der Waals surface area contributed by atoms with Crippen LogP contribution in [0, 0.1) is 13.8 Å². The maximum absolute atomic E-state index is 12.5. The number of hydrogen-bond acceptors (Lipinski definition) is 7. The summed E-state index contributed by atoms with van der Waals surface area (Å²) < 4.78 is 12.5. The standard InChI is InChI=1S/C20H21N3O4S/c1-12-9-16(13(2)23(12)15-3-4-15)17(24)10-26-19(25)6-5-18-21-20(22-27-18)14-7-8-28-11-14/h7-9,11,15H,3-6,10H2,1-2H3. The second-order valence-electron chi connectivity index (χ2n) is 6.99. The van der Waals surface area contributed by atoms with Gasteiger partial charge in [0.1, 0.15) is 0 Å². The molecular formula is C20H21N3O4S. The van der Waals surface area contributed by atoms with E-state index < -0.39 is 5.97 Å². The molecule has 28 heavy (non-hydrogen) atoms. The SMILES string of the molecule is Cc1cc(C(=O)COC(=O)CCc2nc(-c3ccsc3)no2)c(C)n1C1CC1. The molecule has 0 aliphatic heterocycles. The third kappa shape index (κ3) is 3.91.